The van der Waals surface area contributed by atoms with E-state index in [0.717, 1.165) is 52.2 Å². The zero-order valence-electron chi connectivity index (χ0n) is 21.6. The van der Waals surface area contributed by atoms with Crippen molar-refractivity contribution in [3.63, 3.8) is 0 Å². The van der Waals surface area contributed by atoms with Crippen LogP contribution in [0.4, 0.5) is 10.5 Å². The molecule has 1 aliphatic rings. The summed E-state index contributed by atoms with van der Waals surface area (Å²) in [4.78, 5) is 34.8. The summed E-state index contributed by atoms with van der Waals surface area (Å²) in [7, 11) is -9.01. The predicted molar refractivity (Wildman–Crippen MR) is 149 cm³/mol. The third-order valence-corrected chi connectivity index (χ3v) is 7.37. The number of carboxylic acid groups (broad SMARTS) is 2. The summed E-state index contributed by atoms with van der Waals surface area (Å²) in [6.45, 7) is 0. The summed E-state index contributed by atoms with van der Waals surface area (Å²) in [6, 6.07) is 8.64. The predicted octanol–water partition coefficient (Wildman–Crippen LogP) is 2.11. The van der Waals surface area contributed by atoms with Crippen LogP contribution in [-0.4, -0.2) is 74.8 Å². The fraction of sp³-hybridized carbons (Fsp3) is 0. The normalized spacial score (nSPS) is 15.0. The minimum atomic E-state index is -4.51. The first-order valence-electron chi connectivity index (χ1n) is 11.7. The average Bonchev–Trinajstić information content (AvgIpc) is 3.43. The number of anilines is 1. The summed E-state index contributed by atoms with van der Waals surface area (Å²) in [5.74, 6) is -3.58. The number of aliphatic carboxylic acids is 1. The molecular formula is C25H18N4O13S2. The number of allylic oxidation sites excluding steroid dienone is 4. The second-order valence-corrected chi connectivity index (χ2v) is 11.3. The van der Waals surface area contributed by atoms with Gasteiger partial charge in [0.05, 0.1) is 26.7 Å². The molecule has 228 valence electrons. The van der Waals surface area contributed by atoms with E-state index in [-0.39, 0.29) is 22.5 Å². The molecule has 2 aromatic carbocycles. The molecule has 1 aromatic heterocycles. The van der Waals surface area contributed by atoms with Crippen LogP contribution < -0.4 is 9.75 Å². The summed E-state index contributed by atoms with van der Waals surface area (Å²) >= 11 is 0. The van der Waals surface area contributed by atoms with Gasteiger partial charge in [0.15, 0.2) is 5.71 Å². The highest BCUT2D eigenvalue weighted by Crippen LogP contribution is 2.32. The number of hydrogen-bond acceptors (Lipinski definition) is 11. The molecule has 1 aliphatic heterocycles. The molecule has 0 saturated heterocycles. The van der Waals surface area contributed by atoms with Crippen molar-refractivity contribution < 1.29 is 60.4 Å². The number of benzene rings is 2. The van der Waals surface area contributed by atoms with Crippen LogP contribution in [0.5, 0.6) is 11.8 Å². The summed E-state index contributed by atoms with van der Waals surface area (Å²) in [5, 5.41) is 37.5. The van der Waals surface area contributed by atoms with Crippen LogP contribution in [0.3, 0.4) is 0 Å². The highest BCUT2D eigenvalue weighted by atomic mass is 32.2. The van der Waals surface area contributed by atoms with Gasteiger partial charge in [0.2, 0.25) is 5.88 Å². The van der Waals surface area contributed by atoms with Gasteiger partial charge < -0.3 is 20.1 Å². The van der Waals surface area contributed by atoms with Gasteiger partial charge >= 0.3 is 12.1 Å². The number of hydrazone groups is 1. The zero-order valence-corrected chi connectivity index (χ0v) is 23.2. The third kappa shape index (κ3) is 6.71. The molecule has 0 bridgehead atoms. The Kier molecular flexibility index (Phi) is 8.49. The number of aromatic nitrogens is 2. The number of carbonyl (C=O) groups excluding carboxylic acids is 1. The van der Waals surface area contributed by atoms with Gasteiger partial charge in [-0.1, -0.05) is 18.2 Å². The smallest absolute Gasteiger partial charge is 0.493 e. The lowest BCUT2D eigenvalue weighted by Gasteiger charge is -2.11. The van der Waals surface area contributed by atoms with Crippen LogP contribution in [0.25, 0.3) is 11.8 Å². The van der Waals surface area contributed by atoms with Crippen molar-refractivity contribution in [2.24, 2.45) is 5.10 Å². The van der Waals surface area contributed by atoms with Crippen LogP contribution in [0.15, 0.2) is 93.3 Å². The molecule has 3 aromatic rings. The summed E-state index contributed by atoms with van der Waals surface area (Å²) < 4.78 is 68.7. The molecule has 0 unspecified atom stereocenters. The Morgan fingerprint density at radius 1 is 0.818 bits per heavy atom. The maximum absolute atomic E-state index is 12.9. The fourth-order valence-corrected chi connectivity index (χ4v) is 4.63. The Bertz CT molecular complexity index is 2010. The van der Waals surface area contributed by atoms with Gasteiger partial charge in [-0.05, 0) is 60.7 Å². The number of amides is 1. The first kappa shape index (κ1) is 31.3. The third-order valence-electron chi connectivity index (χ3n) is 5.63. The lowest BCUT2D eigenvalue weighted by atomic mass is 10.1. The molecule has 0 saturated carbocycles. The molecule has 0 fully saturated rings. The quantitative estimate of drug-likeness (QED) is 0.0965. The molecular weight excluding hydrogens is 628 g/mol. The molecule has 17 nitrogen and oxygen atoms in total. The van der Waals surface area contributed by atoms with Gasteiger partial charge in [-0.2, -0.15) is 31.6 Å². The topological polar surface area (TPSA) is 263 Å². The van der Waals surface area contributed by atoms with Crippen LogP contribution in [0, 0.1) is 0 Å². The Labute approximate surface area is 247 Å². The molecule has 2 heterocycles. The summed E-state index contributed by atoms with van der Waals surface area (Å²) in [5.41, 5.74) is -1.12. The van der Waals surface area contributed by atoms with Crippen molar-refractivity contribution in [2.45, 2.75) is 9.79 Å². The molecule has 1 amide bonds. The molecule has 0 spiro atoms. The highest BCUT2D eigenvalue weighted by Gasteiger charge is 2.34. The second kappa shape index (κ2) is 11.9. The molecule has 19 heteroatoms. The Morgan fingerprint density at radius 3 is 1.86 bits per heavy atom. The van der Waals surface area contributed by atoms with Gasteiger partial charge in [0.1, 0.15) is 5.56 Å². The Morgan fingerprint density at radius 2 is 1.36 bits per heavy atom. The fourth-order valence-electron chi connectivity index (χ4n) is 3.67. The van der Waals surface area contributed by atoms with Crippen molar-refractivity contribution in [1.29, 1.82) is 0 Å². The van der Waals surface area contributed by atoms with Crippen LogP contribution in [-0.2, 0) is 29.8 Å². The highest BCUT2D eigenvalue weighted by molar-refractivity contribution is 7.86. The van der Waals surface area contributed by atoms with E-state index in [1.165, 1.54) is 36.4 Å². The number of carbonyl (C=O) groups is 3. The maximum Gasteiger partial charge on any atom is 0.512 e. The number of hydrogen-bond donors (Lipinski definition) is 5. The van der Waals surface area contributed by atoms with Gasteiger partial charge in [-0.3, -0.25) is 13.9 Å². The number of rotatable bonds is 9. The first-order valence-corrected chi connectivity index (χ1v) is 14.6. The van der Waals surface area contributed by atoms with E-state index < -0.39 is 65.5 Å². The molecule has 0 radical (unpaired) electrons. The van der Waals surface area contributed by atoms with Crippen molar-refractivity contribution in [3.8, 4) is 17.4 Å². The lowest BCUT2D eigenvalue weighted by Crippen LogP contribution is -2.22. The average molecular weight is 647 g/mol. The van der Waals surface area contributed by atoms with Crippen LogP contribution in [0.1, 0.15) is 5.56 Å². The van der Waals surface area contributed by atoms with Crippen LogP contribution in [0.2, 0.25) is 0 Å². The van der Waals surface area contributed by atoms with E-state index in [9.17, 15) is 41.4 Å². The van der Waals surface area contributed by atoms with Gasteiger partial charge in [-0.15, -0.1) is 5.10 Å². The van der Waals surface area contributed by atoms with Gasteiger partial charge in [-0.25, -0.2) is 9.59 Å². The molecule has 5 N–H and O–H groups in total. The van der Waals surface area contributed by atoms with E-state index in [2.05, 4.69) is 14.9 Å². The molecule has 44 heavy (non-hydrogen) atoms. The Hall–Kier alpha value is -5.63. The minimum Gasteiger partial charge on any atom is -0.493 e. The minimum absolute atomic E-state index is 0.0134. The van der Waals surface area contributed by atoms with Crippen molar-refractivity contribution >= 4 is 55.7 Å². The number of carboxylic acids is 1. The van der Waals surface area contributed by atoms with Crippen molar-refractivity contribution in [2.75, 3.05) is 5.01 Å². The van der Waals surface area contributed by atoms with Crippen molar-refractivity contribution in [3.05, 3.63) is 84.0 Å². The largest absolute Gasteiger partial charge is 0.512 e. The zero-order chi connectivity index (χ0) is 32.4. The number of ether oxygens (including phenoxy) is 1. The van der Waals surface area contributed by atoms with E-state index in [1.807, 2.05) is 0 Å². The molecule has 0 aliphatic carbocycles. The van der Waals surface area contributed by atoms with E-state index in [0.29, 0.717) is 0 Å². The molecule has 0 atom stereocenters. The maximum atomic E-state index is 12.9. The van der Waals surface area contributed by atoms with Gasteiger partial charge in [0, 0.05) is 0 Å². The number of nitrogens with zero attached hydrogens (tertiary/aromatic N) is 4. The van der Waals surface area contributed by atoms with E-state index in [4.69, 9.17) is 14.2 Å². The monoisotopic (exact) mass is 646 g/mol. The SMILES string of the molecule is O=C(O)Oc1nn(-c2ccc(S(=O)(=O)O)cc2)c(O)c1C=CC=CC=C1C(=O)N(c2ccc(S(=O)(=O)O)cc2)N=C1C(=O)O. The van der Waals surface area contributed by atoms with E-state index >= 15 is 0 Å². The van der Waals surface area contributed by atoms with Crippen molar-refractivity contribution in [1.82, 2.24) is 9.78 Å². The number of aromatic hydroxyl groups is 1. The molecule has 4 rings (SSSR count). The van der Waals surface area contributed by atoms with Gasteiger partial charge in [0.25, 0.3) is 32.0 Å². The summed E-state index contributed by atoms with van der Waals surface area (Å²) in [6.07, 6.45) is 4.30. The second-order valence-electron chi connectivity index (χ2n) is 8.46. The first-order chi connectivity index (χ1) is 20.6. The lowest BCUT2D eigenvalue weighted by molar-refractivity contribution is -0.129. The van der Waals surface area contributed by atoms with E-state index in [1.54, 1.807) is 0 Å². The Balaban J connectivity index is 1.59. The van der Waals surface area contributed by atoms with Crippen LogP contribution >= 0.6 is 0 Å². The standard InChI is InChI=1S/C25H18N4O13S2/c30-22-18(20(24(32)33)26-28(22)14-6-10-16(11-7-14)43(36,37)38)4-2-1-3-5-19-21(42-25(34)35)27-29(23(19)31)15-8-12-17(13-9-15)44(39,40)41/h1-13,31H,(H,32,33)(H,34,35)(H,36,37,38)(H,39,40,41).